The highest BCUT2D eigenvalue weighted by atomic mass is 16.6. The van der Waals surface area contributed by atoms with E-state index in [9.17, 15) is 4.79 Å². The van der Waals surface area contributed by atoms with Gasteiger partial charge in [-0.05, 0) is 68.5 Å². The summed E-state index contributed by atoms with van der Waals surface area (Å²) in [5, 5.41) is 9.15. The first kappa shape index (κ1) is 19.7. The normalized spacial score (nSPS) is 10.6. The first-order chi connectivity index (χ1) is 11.1. The number of hydrogen-bond donors (Lipinski definition) is 2. The van der Waals surface area contributed by atoms with Gasteiger partial charge in [0.2, 0.25) is 0 Å². The summed E-state index contributed by atoms with van der Waals surface area (Å²) in [6, 6.07) is 14.4. The molecule has 0 unspecified atom stereocenters. The Morgan fingerprint density at radius 1 is 1.08 bits per heavy atom. The molecule has 0 atom stereocenters. The predicted molar refractivity (Wildman–Crippen MR) is 97.7 cm³/mol. The van der Waals surface area contributed by atoms with E-state index >= 15 is 0 Å². The molecule has 0 fully saturated rings. The van der Waals surface area contributed by atoms with Crippen LogP contribution in [-0.2, 0) is 11.3 Å². The largest absolute Gasteiger partial charge is 0.444 e. The summed E-state index contributed by atoms with van der Waals surface area (Å²) in [5.41, 5.74) is 10.2. The molecule has 130 valence electrons. The van der Waals surface area contributed by atoms with Crippen LogP contribution < -0.4 is 5.73 Å². The number of hydrogen-bond acceptors (Lipinski definition) is 3. The predicted octanol–water partition coefficient (Wildman–Crippen LogP) is 4.34. The Bertz CT molecular complexity index is 667. The first-order valence-electron chi connectivity index (χ1n) is 7.89. The van der Waals surface area contributed by atoms with Gasteiger partial charge in [-0.2, -0.15) is 0 Å². The van der Waals surface area contributed by atoms with Crippen LogP contribution in [0.1, 0.15) is 37.5 Å². The third kappa shape index (κ3) is 6.42. The lowest BCUT2D eigenvalue weighted by Crippen LogP contribution is -2.27. The first-order valence-corrected chi connectivity index (χ1v) is 7.89. The van der Waals surface area contributed by atoms with Crippen molar-refractivity contribution in [2.45, 2.75) is 46.8 Å². The van der Waals surface area contributed by atoms with Crippen LogP contribution in [0.25, 0.3) is 11.1 Å². The molecule has 0 spiro atoms. The quantitative estimate of drug-likeness (QED) is 0.860. The number of carbonyl (C=O) groups is 1. The Morgan fingerprint density at radius 3 is 2.04 bits per heavy atom. The van der Waals surface area contributed by atoms with Gasteiger partial charge < -0.3 is 15.6 Å². The second-order valence-electron chi connectivity index (χ2n) is 6.66. The Morgan fingerprint density at radius 2 is 1.62 bits per heavy atom. The second-order valence-corrected chi connectivity index (χ2v) is 6.66. The Hall–Kier alpha value is -2.33. The van der Waals surface area contributed by atoms with Crippen molar-refractivity contribution in [1.82, 2.24) is 0 Å². The van der Waals surface area contributed by atoms with Crippen LogP contribution in [0.15, 0.2) is 42.5 Å². The zero-order valence-corrected chi connectivity index (χ0v) is 15.1. The van der Waals surface area contributed by atoms with E-state index in [1.807, 2.05) is 12.1 Å². The molecule has 0 saturated carbocycles. The molecule has 2 aromatic rings. The van der Waals surface area contributed by atoms with Crippen molar-refractivity contribution >= 4 is 6.09 Å². The number of aryl methyl sites for hydroxylation is 2. The lowest BCUT2D eigenvalue weighted by atomic mass is 9.95. The van der Waals surface area contributed by atoms with Crippen molar-refractivity contribution < 1.29 is 14.6 Å². The number of carbonyl (C=O) groups excluding carboxylic acids is 1. The van der Waals surface area contributed by atoms with Crippen LogP contribution in [0.5, 0.6) is 0 Å². The van der Waals surface area contributed by atoms with Crippen molar-refractivity contribution in [2.75, 3.05) is 0 Å². The molecule has 2 aromatic carbocycles. The minimum atomic E-state index is -0.725. The standard InChI is InChI=1S/C15H16O.C5H11NO2/c1-11-5-3-6-12(2)15(11)14-8-4-7-13(9-14)10-16;1-5(2,3)8-4(6)7/h3-9,16H,10H2,1-2H3;1-3H3,(H2,6,7). The fourth-order valence-corrected chi connectivity index (χ4v) is 2.40. The summed E-state index contributed by atoms with van der Waals surface area (Å²) >= 11 is 0. The van der Waals surface area contributed by atoms with Crippen LogP contribution in [0.2, 0.25) is 0 Å². The van der Waals surface area contributed by atoms with Gasteiger partial charge in [-0.3, -0.25) is 0 Å². The summed E-state index contributed by atoms with van der Waals surface area (Å²) in [4.78, 5) is 10.0. The van der Waals surface area contributed by atoms with E-state index < -0.39 is 11.7 Å². The maximum Gasteiger partial charge on any atom is 0.405 e. The zero-order valence-electron chi connectivity index (χ0n) is 15.1. The molecular weight excluding hydrogens is 302 g/mol. The fourth-order valence-electron chi connectivity index (χ4n) is 2.40. The maximum atomic E-state index is 10.0. The van der Waals surface area contributed by atoms with Gasteiger partial charge in [0.1, 0.15) is 5.60 Å². The molecule has 0 radical (unpaired) electrons. The molecule has 3 N–H and O–H groups in total. The minimum absolute atomic E-state index is 0.0960. The number of nitrogens with two attached hydrogens (primary N) is 1. The van der Waals surface area contributed by atoms with Crippen molar-refractivity contribution in [3.8, 4) is 11.1 Å². The molecule has 1 amide bonds. The lowest BCUT2D eigenvalue weighted by molar-refractivity contribution is 0.0600. The molecule has 0 heterocycles. The van der Waals surface area contributed by atoms with Crippen molar-refractivity contribution in [3.63, 3.8) is 0 Å². The summed E-state index contributed by atoms with van der Waals surface area (Å²) in [6.07, 6.45) is -0.725. The number of amides is 1. The summed E-state index contributed by atoms with van der Waals surface area (Å²) < 4.78 is 4.58. The summed E-state index contributed by atoms with van der Waals surface area (Å²) in [7, 11) is 0. The van der Waals surface area contributed by atoms with Crippen LogP contribution >= 0.6 is 0 Å². The molecule has 0 aliphatic carbocycles. The third-order valence-electron chi connectivity index (χ3n) is 3.29. The van der Waals surface area contributed by atoms with Crippen molar-refractivity contribution in [2.24, 2.45) is 5.73 Å². The Labute approximate surface area is 144 Å². The van der Waals surface area contributed by atoms with Gasteiger partial charge >= 0.3 is 6.09 Å². The average molecular weight is 329 g/mol. The van der Waals surface area contributed by atoms with Crippen molar-refractivity contribution in [3.05, 3.63) is 59.2 Å². The molecular formula is C20H27NO3. The molecule has 4 nitrogen and oxygen atoms in total. The molecule has 0 bridgehead atoms. The number of rotatable bonds is 2. The van der Waals surface area contributed by atoms with Crippen LogP contribution in [0.3, 0.4) is 0 Å². The van der Waals surface area contributed by atoms with Crippen molar-refractivity contribution in [1.29, 1.82) is 0 Å². The third-order valence-corrected chi connectivity index (χ3v) is 3.29. The van der Waals surface area contributed by atoms with E-state index in [0.717, 1.165) is 5.56 Å². The molecule has 0 saturated heterocycles. The van der Waals surface area contributed by atoms with Gasteiger partial charge in [0.05, 0.1) is 6.61 Å². The van der Waals surface area contributed by atoms with E-state index in [4.69, 9.17) is 10.8 Å². The van der Waals surface area contributed by atoms with E-state index in [2.05, 4.69) is 48.9 Å². The maximum absolute atomic E-state index is 10.0. The molecule has 0 aliphatic heterocycles. The molecule has 2 rings (SSSR count). The topological polar surface area (TPSA) is 72.5 Å². The Balaban J connectivity index is 0.000000307. The van der Waals surface area contributed by atoms with E-state index in [0.29, 0.717) is 0 Å². The SMILES string of the molecule is CC(C)(C)OC(N)=O.Cc1cccc(C)c1-c1cccc(CO)c1. The van der Waals surface area contributed by atoms with Gasteiger partial charge in [0, 0.05) is 0 Å². The average Bonchev–Trinajstić information content (AvgIpc) is 2.45. The number of aliphatic hydroxyl groups is 1. The van der Waals surface area contributed by atoms with E-state index in [1.54, 1.807) is 20.8 Å². The molecule has 0 aliphatic rings. The number of ether oxygens (including phenoxy) is 1. The fraction of sp³-hybridized carbons (Fsp3) is 0.350. The van der Waals surface area contributed by atoms with E-state index in [1.165, 1.54) is 22.3 Å². The van der Waals surface area contributed by atoms with Gasteiger partial charge in [0.25, 0.3) is 0 Å². The van der Waals surface area contributed by atoms with Crippen LogP contribution in [0, 0.1) is 13.8 Å². The smallest absolute Gasteiger partial charge is 0.405 e. The van der Waals surface area contributed by atoms with Gasteiger partial charge in [-0.25, -0.2) is 4.79 Å². The molecule has 4 heteroatoms. The van der Waals surface area contributed by atoms with Gasteiger partial charge in [-0.1, -0.05) is 36.4 Å². The number of primary amides is 1. The van der Waals surface area contributed by atoms with Crippen LogP contribution in [0.4, 0.5) is 4.79 Å². The zero-order chi connectivity index (χ0) is 18.3. The molecule has 24 heavy (non-hydrogen) atoms. The minimum Gasteiger partial charge on any atom is -0.444 e. The Kier molecular flexibility index (Phi) is 6.98. The highest BCUT2D eigenvalue weighted by molar-refractivity contribution is 5.71. The number of aliphatic hydroxyl groups excluding tert-OH is 1. The summed E-state index contributed by atoms with van der Waals surface area (Å²) in [5.74, 6) is 0. The number of benzene rings is 2. The highest BCUT2D eigenvalue weighted by Gasteiger charge is 2.12. The lowest BCUT2D eigenvalue weighted by Gasteiger charge is -2.16. The van der Waals surface area contributed by atoms with Crippen LogP contribution in [-0.4, -0.2) is 16.8 Å². The van der Waals surface area contributed by atoms with Gasteiger partial charge in [0.15, 0.2) is 0 Å². The van der Waals surface area contributed by atoms with Gasteiger partial charge in [-0.15, -0.1) is 0 Å². The summed E-state index contributed by atoms with van der Waals surface area (Å²) in [6.45, 7) is 9.62. The second kappa shape index (κ2) is 8.50. The molecule has 0 aromatic heterocycles. The highest BCUT2D eigenvalue weighted by Crippen LogP contribution is 2.27. The monoisotopic (exact) mass is 329 g/mol. The van der Waals surface area contributed by atoms with E-state index in [-0.39, 0.29) is 6.61 Å².